The van der Waals surface area contributed by atoms with Gasteiger partial charge in [0.25, 0.3) is 0 Å². The Hall–Kier alpha value is -1.74. The summed E-state index contributed by atoms with van der Waals surface area (Å²) >= 11 is 0. The smallest absolute Gasteiger partial charge is 0.129 e. The fourth-order valence-electron chi connectivity index (χ4n) is 2.29. The van der Waals surface area contributed by atoms with Crippen molar-refractivity contribution in [2.45, 2.75) is 32.7 Å². The Labute approximate surface area is 118 Å². The molecule has 0 fully saturated rings. The molecule has 0 aromatic heterocycles. The van der Waals surface area contributed by atoms with Gasteiger partial charge >= 0.3 is 0 Å². The molecule has 106 valence electrons. The van der Waals surface area contributed by atoms with E-state index in [0.717, 1.165) is 5.56 Å². The summed E-state index contributed by atoms with van der Waals surface area (Å²) in [5, 5.41) is 0. The molecule has 1 atom stereocenters. The lowest BCUT2D eigenvalue weighted by molar-refractivity contribution is 0.533. The van der Waals surface area contributed by atoms with Crippen LogP contribution in [-0.2, 0) is 12.8 Å². The van der Waals surface area contributed by atoms with E-state index >= 15 is 0 Å². The van der Waals surface area contributed by atoms with Crippen LogP contribution in [0, 0.1) is 25.5 Å². The highest BCUT2D eigenvalue weighted by molar-refractivity contribution is 5.30. The predicted molar refractivity (Wildman–Crippen MR) is 77.7 cm³/mol. The average molecular weight is 275 g/mol. The van der Waals surface area contributed by atoms with Crippen LogP contribution in [0.5, 0.6) is 0 Å². The van der Waals surface area contributed by atoms with Crippen LogP contribution >= 0.6 is 0 Å². The number of nitrogens with two attached hydrogens (primary N) is 1. The second-order valence-corrected chi connectivity index (χ2v) is 5.29. The molecule has 0 spiro atoms. The van der Waals surface area contributed by atoms with Crippen LogP contribution in [0.1, 0.15) is 22.3 Å². The van der Waals surface area contributed by atoms with Crippen LogP contribution in [0.25, 0.3) is 0 Å². The molecule has 1 unspecified atom stereocenters. The maximum atomic E-state index is 13.6. The molecule has 2 aromatic carbocycles. The average Bonchev–Trinajstić information content (AvgIpc) is 2.38. The molecule has 3 heteroatoms. The van der Waals surface area contributed by atoms with Gasteiger partial charge in [-0.25, -0.2) is 8.78 Å². The van der Waals surface area contributed by atoms with E-state index < -0.39 is 11.6 Å². The second-order valence-electron chi connectivity index (χ2n) is 5.29. The molecule has 0 saturated heterocycles. The molecule has 0 aliphatic carbocycles. The summed E-state index contributed by atoms with van der Waals surface area (Å²) in [6, 6.07) is 9.72. The quantitative estimate of drug-likeness (QED) is 0.904. The van der Waals surface area contributed by atoms with Crippen LogP contribution < -0.4 is 5.73 Å². The number of rotatable bonds is 4. The van der Waals surface area contributed by atoms with Crippen molar-refractivity contribution >= 4 is 0 Å². The van der Waals surface area contributed by atoms with Gasteiger partial charge in [0, 0.05) is 11.6 Å². The Morgan fingerprint density at radius 2 is 1.60 bits per heavy atom. The molecule has 0 radical (unpaired) electrons. The predicted octanol–water partition coefficient (Wildman–Crippen LogP) is 3.69. The zero-order chi connectivity index (χ0) is 14.7. The summed E-state index contributed by atoms with van der Waals surface area (Å²) in [5.41, 5.74) is 9.62. The van der Waals surface area contributed by atoms with Crippen molar-refractivity contribution in [1.29, 1.82) is 0 Å². The first-order valence-corrected chi connectivity index (χ1v) is 6.72. The molecule has 0 amide bonds. The molecule has 2 rings (SSSR count). The van der Waals surface area contributed by atoms with Gasteiger partial charge in [-0.15, -0.1) is 0 Å². The minimum absolute atomic E-state index is 0.0730. The van der Waals surface area contributed by atoms with Crippen molar-refractivity contribution in [2.24, 2.45) is 5.73 Å². The van der Waals surface area contributed by atoms with Crippen LogP contribution in [0.4, 0.5) is 8.78 Å². The van der Waals surface area contributed by atoms with E-state index in [-0.39, 0.29) is 18.0 Å². The lowest BCUT2D eigenvalue weighted by Gasteiger charge is -2.14. The standard InChI is InChI=1S/C17H19F2N/c1-11-6-7-13(8-12(11)2)9-14(20)10-15-16(18)4-3-5-17(15)19/h3-8,14H,9-10,20H2,1-2H3. The monoisotopic (exact) mass is 275 g/mol. The first kappa shape index (κ1) is 14.7. The van der Waals surface area contributed by atoms with Gasteiger partial charge < -0.3 is 5.73 Å². The van der Waals surface area contributed by atoms with Crippen molar-refractivity contribution < 1.29 is 8.78 Å². The van der Waals surface area contributed by atoms with Crippen molar-refractivity contribution in [3.05, 3.63) is 70.3 Å². The highest BCUT2D eigenvalue weighted by Gasteiger charge is 2.13. The number of aryl methyl sites for hydroxylation is 2. The highest BCUT2D eigenvalue weighted by atomic mass is 19.1. The van der Waals surface area contributed by atoms with Crippen molar-refractivity contribution in [1.82, 2.24) is 0 Å². The van der Waals surface area contributed by atoms with E-state index in [2.05, 4.69) is 6.07 Å². The third kappa shape index (κ3) is 3.42. The minimum Gasteiger partial charge on any atom is -0.327 e. The van der Waals surface area contributed by atoms with Crippen LogP contribution in [0.2, 0.25) is 0 Å². The third-order valence-corrected chi connectivity index (χ3v) is 3.60. The second kappa shape index (κ2) is 6.14. The fourth-order valence-corrected chi connectivity index (χ4v) is 2.29. The summed E-state index contributed by atoms with van der Waals surface area (Å²) in [5.74, 6) is -1.05. The van der Waals surface area contributed by atoms with E-state index in [9.17, 15) is 8.78 Å². The molecule has 2 aromatic rings. The molecule has 0 aliphatic rings. The molecule has 0 bridgehead atoms. The number of benzene rings is 2. The fraction of sp³-hybridized carbons (Fsp3) is 0.294. The van der Waals surface area contributed by atoms with Gasteiger partial charge in [0.15, 0.2) is 0 Å². The van der Waals surface area contributed by atoms with Crippen molar-refractivity contribution in [2.75, 3.05) is 0 Å². The maximum Gasteiger partial charge on any atom is 0.129 e. The Kier molecular flexibility index (Phi) is 4.50. The minimum atomic E-state index is -0.527. The molecule has 2 N–H and O–H groups in total. The van der Waals surface area contributed by atoms with E-state index in [1.165, 1.54) is 29.3 Å². The zero-order valence-electron chi connectivity index (χ0n) is 11.8. The van der Waals surface area contributed by atoms with Gasteiger partial charge in [0.2, 0.25) is 0 Å². The van der Waals surface area contributed by atoms with Crippen molar-refractivity contribution in [3.8, 4) is 0 Å². The van der Waals surface area contributed by atoms with Crippen LogP contribution in [-0.4, -0.2) is 6.04 Å². The third-order valence-electron chi connectivity index (χ3n) is 3.60. The largest absolute Gasteiger partial charge is 0.327 e. The lowest BCUT2D eigenvalue weighted by Crippen LogP contribution is -2.26. The first-order chi connectivity index (χ1) is 9.47. The summed E-state index contributed by atoms with van der Waals surface area (Å²) in [4.78, 5) is 0. The number of hydrogen-bond acceptors (Lipinski definition) is 1. The molecule has 0 saturated carbocycles. The molecule has 0 aliphatic heterocycles. The zero-order valence-corrected chi connectivity index (χ0v) is 11.8. The van der Waals surface area contributed by atoms with Crippen molar-refractivity contribution in [3.63, 3.8) is 0 Å². The summed E-state index contributed by atoms with van der Waals surface area (Å²) < 4.78 is 27.1. The summed E-state index contributed by atoms with van der Waals surface area (Å²) in [6.45, 7) is 4.09. The first-order valence-electron chi connectivity index (χ1n) is 6.72. The molecule has 20 heavy (non-hydrogen) atoms. The topological polar surface area (TPSA) is 26.0 Å². The Morgan fingerprint density at radius 1 is 0.950 bits per heavy atom. The number of hydrogen-bond donors (Lipinski definition) is 1. The van der Waals surface area contributed by atoms with Gasteiger partial charge in [-0.1, -0.05) is 24.3 Å². The van der Waals surface area contributed by atoms with Gasteiger partial charge in [0.05, 0.1) is 0 Å². The summed E-state index contributed by atoms with van der Waals surface area (Å²) in [7, 11) is 0. The molecule has 0 heterocycles. The molecular formula is C17H19F2N. The maximum absolute atomic E-state index is 13.6. The van der Waals surface area contributed by atoms with Gasteiger partial charge in [0.1, 0.15) is 11.6 Å². The number of halogens is 2. The Balaban J connectivity index is 2.09. The SMILES string of the molecule is Cc1ccc(CC(N)Cc2c(F)cccc2F)cc1C. The lowest BCUT2D eigenvalue weighted by atomic mass is 9.97. The summed E-state index contributed by atoms with van der Waals surface area (Å²) in [6.07, 6.45) is 0.806. The van der Waals surface area contributed by atoms with E-state index in [1.54, 1.807) is 0 Å². The van der Waals surface area contributed by atoms with Crippen LogP contribution in [0.15, 0.2) is 36.4 Å². The molecular weight excluding hydrogens is 256 g/mol. The molecule has 1 nitrogen and oxygen atoms in total. The van der Waals surface area contributed by atoms with Gasteiger partial charge in [-0.3, -0.25) is 0 Å². The van der Waals surface area contributed by atoms with E-state index in [4.69, 9.17) is 5.73 Å². The van der Waals surface area contributed by atoms with Gasteiger partial charge in [-0.05, 0) is 55.5 Å². The van der Waals surface area contributed by atoms with Gasteiger partial charge in [-0.2, -0.15) is 0 Å². The van der Waals surface area contributed by atoms with Crippen LogP contribution in [0.3, 0.4) is 0 Å². The Bertz CT molecular complexity index is 588. The highest BCUT2D eigenvalue weighted by Crippen LogP contribution is 2.16. The van der Waals surface area contributed by atoms with E-state index in [1.807, 2.05) is 26.0 Å². The normalized spacial score (nSPS) is 12.4. The Morgan fingerprint density at radius 3 is 2.20 bits per heavy atom. The van der Waals surface area contributed by atoms with E-state index in [0.29, 0.717) is 6.42 Å².